The smallest absolute Gasteiger partial charge is 0.308 e. The predicted octanol–water partition coefficient (Wildman–Crippen LogP) is -0.208. The Labute approximate surface area is 191 Å². The Morgan fingerprint density at radius 1 is 0.909 bits per heavy atom. The molecule has 0 saturated carbocycles. The summed E-state index contributed by atoms with van der Waals surface area (Å²) in [6, 6.07) is 27.1. The lowest BCUT2D eigenvalue weighted by Gasteiger charge is -2.20. The summed E-state index contributed by atoms with van der Waals surface area (Å²) in [6.45, 7) is 1.88. The average molecular weight is 471 g/mol. The molecule has 0 radical (unpaired) electrons. The van der Waals surface area contributed by atoms with E-state index >= 15 is 0 Å². The van der Waals surface area contributed by atoms with Gasteiger partial charge in [0.1, 0.15) is 5.75 Å². The van der Waals surface area contributed by atoms with Crippen molar-refractivity contribution in [3.63, 3.8) is 0 Å². The van der Waals surface area contributed by atoms with Crippen molar-refractivity contribution in [2.24, 2.45) is 10.2 Å². The fourth-order valence-electron chi connectivity index (χ4n) is 2.87. The number of halogens is 1. The number of hydrogen-bond donors (Lipinski definition) is 0. The number of amidine groups is 1. The van der Waals surface area contributed by atoms with Crippen LogP contribution in [-0.4, -0.2) is 23.2 Å². The van der Waals surface area contributed by atoms with E-state index in [0.717, 1.165) is 16.9 Å². The van der Waals surface area contributed by atoms with Gasteiger partial charge < -0.3 is 4.74 Å². The number of carbonyl (C=O) groups is 1. The van der Waals surface area contributed by atoms with Gasteiger partial charge in [-0.1, -0.05) is 41.1 Å². The van der Waals surface area contributed by atoms with Gasteiger partial charge in [0.2, 0.25) is 11.5 Å². The van der Waals surface area contributed by atoms with Gasteiger partial charge >= 0.3 is 5.97 Å². The number of hydrogen-bond acceptors (Lipinski definition) is 9. The Bertz CT molecular complexity index is 1130. The molecule has 1 aliphatic heterocycles. The van der Waals surface area contributed by atoms with Crippen molar-refractivity contribution in [2.45, 2.75) is 6.92 Å². The molecule has 0 N–H and O–H groups in total. The van der Waals surface area contributed by atoms with E-state index in [0.29, 0.717) is 18.3 Å². The molecule has 3 aromatic carbocycles. The van der Waals surface area contributed by atoms with Crippen LogP contribution >= 0.6 is 0 Å². The fourth-order valence-corrected chi connectivity index (χ4v) is 2.87. The first kappa shape index (κ1) is 24.0. The number of benzene rings is 3. The summed E-state index contributed by atoms with van der Waals surface area (Å²) in [5.41, 5.74) is 2.79. The zero-order chi connectivity index (χ0) is 23.8. The third-order valence-electron chi connectivity index (χ3n) is 4.18. The van der Waals surface area contributed by atoms with Crippen molar-refractivity contribution in [3.05, 3.63) is 90.5 Å². The minimum Gasteiger partial charge on any atom is -0.427 e. The lowest BCUT2D eigenvalue weighted by Crippen LogP contribution is -2.68. The van der Waals surface area contributed by atoms with Crippen molar-refractivity contribution in [1.29, 1.82) is 0 Å². The van der Waals surface area contributed by atoms with E-state index in [2.05, 4.69) is 0 Å². The first-order valence-corrected chi connectivity index (χ1v) is 10.8. The highest BCUT2D eigenvalue weighted by atomic mass is 35.7. The van der Waals surface area contributed by atoms with Gasteiger partial charge in [-0.3, -0.25) is 4.79 Å². The Morgan fingerprint density at radius 3 is 2.00 bits per heavy atom. The molecule has 1 heterocycles. The van der Waals surface area contributed by atoms with E-state index in [9.17, 15) is 4.79 Å². The van der Waals surface area contributed by atoms with Gasteiger partial charge in [0.15, 0.2) is 0 Å². The number of rotatable bonds is 4. The minimum atomic E-state index is -4.94. The van der Waals surface area contributed by atoms with E-state index in [1.165, 1.54) is 6.92 Å². The van der Waals surface area contributed by atoms with Gasteiger partial charge in [0.25, 0.3) is 6.67 Å². The zero-order valence-corrected chi connectivity index (χ0v) is 18.2. The van der Waals surface area contributed by atoms with Crippen LogP contribution < -0.4 is 28.4 Å². The lowest BCUT2D eigenvalue weighted by molar-refractivity contribution is -2.00. The summed E-state index contributed by atoms with van der Waals surface area (Å²) in [5, 5.41) is 11.4. The monoisotopic (exact) mass is 470 g/mol. The Hall–Kier alpha value is -3.67. The standard InChI is InChI=1S/C22H19N4O2.ClHO4/c1-17(27)28-21-14-12-18(13-15-21)22-23-25(19-8-4-2-5-9-19)16-26(24-22)20-10-6-3-7-11-20;2-1(3,4)5/h2-15H,16H2,1H3;(H,2,3,4,5)/q+1;/p-1. The SMILES string of the molecule is CC(=O)Oc1ccc(C2=NN(c3ccccc3)C[N+](c3ccccc3)=N2)cc1.[O-][Cl+3]([O-])([O-])[O-]. The molecule has 11 heteroatoms. The molecule has 1 aliphatic rings. The van der Waals surface area contributed by atoms with Gasteiger partial charge in [0.05, 0.1) is 5.69 Å². The molecule has 0 spiro atoms. The number of ether oxygens (including phenoxy) is 1. The lowest BCUT2D eigenvalue weighted by atomic mass is 10.2. The third kappa shape index (κ3) is 7.75. The van der Waals surface area contributed by atoms with Crippen molar-refractivity contribution in [2.75, 3.05) is 11.7 Å². The van der Waals surface area contributed by atoms with Gasteiger partial charge in [-0.25, -0.2) is 23.6 Å². The molecule has 10 nitrogen and oxygen atoms in total. The summed E-state index contributed by atoms with van der Waals surface area (Å²) >= 11 is 0. The molecule has 0 atom stereocenters. The fraction of sp³-hybridized carbons (Fsp3) is 0.0909. The summed E-state index contributed by atoms with van der Waals surface area (Å²) in [4.78, 5) is 11.1. The third-order valence-corrected chi connectivity index (χ3v) is 4.18. The second-order valence-corrected chi connectivity index (χ2v) is 7.39. The molecular weight excluding hydrogens is 452 g/mol. The van der Waals surface area contributed by atoms with Crippen LogP contribution in [0.3, 0.4) is 0 Å². The van der Waals surface area contributed by atoms with Gasteiger partial charge in [0, 0.05) is 29.7 Å². The van der Waals surface area contributed by atoms with E-state index in [1.54, 1.807) is 12.1 Å². The first-order valence-electron chi connectivity index (χ1n) is 9.55. The van der Waals surface area contributed by atoms with Crippen LogP contribution in [0.1, 0.15) is 12.5 Å². The van der Waals surface area contributed by atoms with Crippen molar-refractivity contribution in [3.8, 4) is 5.75 Å². The highest BCUT2D eigenvalue weighted by Crippen LogP contribution is 2.23. The highest BCUT2D eigenvalue weighted by Gasteiger charge is 2.25. The molecule has 0 amide bonds. The number of azo groups is 2. The van der Waals surface area contributed by atoms with E-state index in [1.807, 2.05) is 82.5 Å². The predicted molar refractivity (Wildman–Crippen MR) is 107 cm³/mol. The second-order valence-electron chi connectivity index (χ2n) is 6.63. The van der Waals surface area contributed by atoms with Gasteiger partial charge in [-0.05, 0) is 36.4 Å². The minimum absolute atomic E-state index is 0.349. The van der Waals surface area contributed by atoms with Crippen LogP contribution in [0, 0.1) is 10.2 Å². The number of hydrazone groups is 1. The van der Waals surface area contributed by atoms with Crippen LogP contribution in [0.4, 0.5) is 11.4 Å². The number of esters is 1. The molecular formula is C22H19ClN4O6. The topological polar surface area (TPSA) is 150 Å². The normalized spacial score (nSPS) is 13.3. The molecule has 0 saturated heterocycles. The molecule has 3 aromatic rings. The van der Waals surface area contributed by atoms with Gasteiger partial charge in [-0.2, -0.15) is 0 Å². The van der Waals surface area contributed by atoms with Crippen LogP contribution in [-0.2, 0) is 4.79 Å². The number of nitrogens with zero attached hydrogens (tertiary/aromatic N) is 4. The summed E-state index contributed by atoms with van der Waals surface area (Å²) in [7, 11) is -4.94. The maximum Gasteiger partial charge on any atom is 0.308 e. The highest BCUT2D eigenvalue weighted by molar-refractivity contribution is 5.99. The Kier molecular flexibility index (Phi) is 7.83. The molecule has 0 unspecified atom stereocenters. The van der Waals surface area contributed by atoms with Gasteiger partial charge in [-0.15, -0.1) is 15.3 Å². The van der Waals surface area contributed by atoms with Crippen LogP contribution in [0.5, 0.6) is 5.75 Å². The number of carbonyl (C=O) groups excluding carboxylic acids is 1. The van der Waals surface area contributed by atoms with Crippen LogP contribution in [0.2, 0.25) is 0 Å². The van der Waals surface area contributed by atoms with E-state index in [-0.39, 0.29) is 5.97 Å². The number of anilines is 1. The first-order chi connectivity index (χ1) is 15.7. The Morgan fingerprint density at radius 2 is 1.45 bits per heavy atom. The van der Waals surface area contributed by atoms with Crippen molar-refractivity contribution in [1.82, 2.24) is 0 Å². The summed E-state index contributed by atoms with van der Waals surface area (Å²) in [6.07, 6.45) is 0. The van der Waals surface area contributed by atoms with Crippen LogP contribution in [0.25, 0.3) is 0 Å². The van der Waals surface area contributed by atoms with Crippen molar-refractivity contribution < 1.29 is 43.1 Å². The number of para-hydroxylation sites is 2. The molecule has 0 bridgehead atoms. The molecule has 33 heavy (non-hydrogen) atoms. The molecule has 170 valence electrons. The van der Waals surface area contributed by atoms with Crippen LogP contribution in [0.15, 0.2) is 95.1 Å². The van der Waals surface area contributed by atoms with E-state index in [4.69, 9.17) is 33.6 Å². The van der Waals surface area contributed by atoms with E-state index < -0.39 is 10.2 Å². The zero-order valence-electron chi connectivity index (χ0n) is 17.4. The molecule has 4 rings (SSSR count). The quantitative estimate of drug-likeness (QED) is 0.291. The maximum absolute atomic E-state index is 11.1. The Balaban J connectivity index is 0.000000555. The summed E-state index contributed by atoms with van der Waals surface area (Å²) in [5.74, 6) is 0.721. The van der Waals surface area contributed by atoms with Crippen molar-refractivity contribution >= 4 is 23.2 Å². The molecule has 0 fully saturated rings. The largest absolute Gasteiger partial charge is 0.427 e. The molecule has 0 aromatic heterocycles. The second kappa shape index (κ2) is 10.8. The average Bonchev–Trinajstić information content (AvgIpc) is 2.79. The maximum atomic E-state index is 11.1. The summed E-state index contributed by atoms with van der Waals surface area (Å²) < 4.78 is 41.0. The molecule has 0 aliphatic carbocycles.